The molecule has 1 aromatic rings. The predicted molar refractivity (Wildman–Crippen MR) is 107 cm³/mol. The van der Waals surface area contributed by atoms with Gasteiger partial charge in [-0.05, 0) is 38.8 Å². The maximum atomic E-state index is 12.0. The number of methoxy groups -OCH3 is 1. The molecule has 0 aromatic heterocycles. The molecule has 0 fully saturated rings. The second-order valence-corrected chi connectivity index (χ2v) is 7.92. The monoisotopic (exact) mass is 396 g/mol. The summed E-state index contributed by atoms with van der Waals surface area (Å²) in [5, 5.41) is 24.9. The van der Waals surface area contributed by atoms with Crippen LogP contribution in [0.4, 0.5) is 10.5 Å². The van der Waals surface area contributed by atoms with Crippen molar-refractivity contribution >= 4 is 17.7 Å². The molecule has 8 nitrogen and oxygen atoms in total. The fourth-order valence-corrected chi connectivity index (χ4v) is 2.67. The van der Waals surface area contributed by atoms with Gasteiger partial charge < -0.3 is 30.3 Å². The van der Waals surface area contributed by atoms with Gasteiger partial charge in [-0.25, -0.2) is 9.59 Å². The van der Waals surface area contributed by atoms with Gasteiger partial charge in [0.2, 0.25) is 0 Å². The molecule has 4 N–H and O–H groups in total. The average Bonchev–Trinajstić information content (AvgIpc) is 2.57. The van der Waals surface area contributed by atoms with Crippen LogP contribution < -0.4 is 15.4 Å². The molecule has 0 saturated carbocycles. The van der Waals surface area contributed by atoms with Crippen LogP contribution in [0.2, 0.25) is 0 Å². The Hall–Kier alpha value is -2.48. The number of carbonyl (C=O) groups excluding carboxylic acids is 1. The average molecular weight is 396 g/mol. The summed E-state index contributed by atoms with van der Waals surface area (Å²) < 4.78 is 10.6. The molecule has 0 spiro atoms. The van der Waals surface area contributed by atoms with E-state index in [0.29, 0.717) is 17.0 Å². The number of aliphatic carboxylic acids is 1. The number of carboxylic acid groups (broad SMARTS) is 1. The van der Waals surface area contributed by atoms with Gasteiger partial charge in [-0.3, -0.25) is 0 Å². The zero-order valence-electron chi connectivity index (χ0n) is 17.4. The fraction of sp³-hybridized carbons (Fsp3) is 0.600. The van der Waals surface area contributed by atoms with Crippen molar-refractivity contribution < 1.29 is 29.3 Å². The minimum absolute atomic E-state index is 0.148. The molecule has 8 heteroatoms. The molecule has 0 unspecified atom stereocenters. The number of hydrogen-bond donors (Lipinski definition) is 4. The number of nitrogens with one attached hydrogen (secondary N) is 2. The number of alkyl carbamates (subject to hydrolysis) is 1. The first-order chi connectivity index (χ1) is 13.0. The predicted octanol–water partition coefficient (Wildman–Crippen LogP) is 2.64. The summed E-state index contributed by atoms with van der Waals surface area (Å²) in [6, 6.07) is 3.82. The van der Waals surface area contributed by atoms with E-state index >= 15 is 0 Å². The van der Waals surface area contributed by atoms with Crippen molar-refractivity contribution in [3.8, 4) is 5.75 Å². The Kier molecular flexibility index (Phi) is 8.56. The van der Waals surface area contributed by atoms with Crippen molar-refractivity contribution in [2.24, 2.45) is 5.92 Å². The number of rotatable bonds is 9. The summed E-state index contributed by atoms with van der Waals surface area (Å²) in [6.45, 7) is 8.56. The zero-order valence-corrected chi connectivity index (χ0v) is 17.4. The van der Waals surface area contributed by atoms with E-state index in [-0.39, 0.29) is 18.9 Å². The lowest BCUT2D eigenvalue weighted by atomic mass is 10.00. The van der Waals surface area contributed by atoms with Crippen LogP contribution >= 0.6 is 0 Å². The first kappa shape index (κ1) is 23.6. The molecule has 158 valence electrons. The molecular weight excluding hydrogens is 364 g/mol. The number of carbonyl (C=O) groups is 2. The third-order valence-corrected chi connectivity index (χ3v) is 3.99. The lowest BCUT2D eigenvalue weighted by molar-refractivity contribution is -0.138. The lowest BCUT2D eigenvalue weighted by Gasteiger charge is -2.25. The molecule has 0 bridgehead atoms. The number of hydrogen-bond acceptors (Lipinski definition) is 6. The molecule has 28 heavy (non-hydrogen) atoms. The summed E-state index contributed by atoms with van der Waals surface area (Å²) >= 11 is 0. The van der Waals surface area contributed by atoms with Crippen molar-refractivity contribution in [1.29, 1.82) is 0 Å². The van der Waals surface area contributed by atoms with Gasteiger partial charge in [-0.2, -0.15) is 0 Å². The largest absolute Gasteiger partial charge is 0.496 e. The molecule has 0 aliphatic rings. The zero-order chi connectivity index (χ0) is 21.5. The van der Waals surface area contributed by atoms with E-state index in [2.05, 4.69) is 10.6 Å². The van der Waals surface area contributed by atoms with Crippen LogP contribution in [0.15, 0.2) is 18.2 Å². The van der Waals surface area contributed by atoms with Crippen molar-refractivity contribution in [3.63, 3.8) is 0 Å². The van der Waals surface area contributed by atoms with Crippen LogP contribution in [0.5, 0.6) is 5.75 Å². The fourth-order valence-electron chi connectivity index (χ4n) is 2.67. The number of carboxylic acids is 1. The van der Waals surface area contributed by atoms with Crippen LogP contribution in [0.1, 0.15) is 40.2 Å². The minimum Gasteiger partial charge on any atom is -0.496 e. The standard InChI is InChI=1S/C20H32N2O6/c1-12(2)17(18(24)25)22-15-8-7-9-16(27-6)14(15)10-13(11-23)21-19(26)28-20(3,4)5/h7-9,12-13,17,22-23H,10-11H2,1-6H3,(H,21,26)(H,24,25)/t13-,17-/m0/s1. The van der Waals surface area contributed by atoms with Crippen molar-refractivity contribution in [2.75, 3.05) is 19.0 Å². The van der Waals surface area contributed by atoms with Gasteiger partial charge in [0.25, 0.3) is 0 Å². The Morgan fingerprint density at radius 1 is 1.21 bits per heavy atom. The maximum absolute atomic E-state index is 12.0. The van der Waals surface area contributed by atoms with E-state index < -0.39 is 29.7 Å². The third kappa shape index (κ3) is 7.26. The summed E-state index contributed by atoms with van der Waals surface area (Å²) in [5.41, 5.74) is 0.574. The molecular formula is C20H32N2O6. The van der Waals surface area contributed by atoms with Crippen LogP contribution in [0.3, 0.4) is 0 Å². The maximum Gasteiger partial charge on any atom is 0.407 e. The van der Waals surface area contributed by atoms with Crippen molar-refractivity contribution in [3.05, 3.63) is 23.8 Å². The smallest absolute Gasteiger partial charge is 0.407 e. The van der Waals surface area contributed by atoms with Crippen molar-refractivity contribution in [1.82, 2.24) is 5.32 Å². The van der Waals surface area contributed by atoms with E-state index in [4.69, 9.17) is 9.47 Å². The van der Waals surface area contributed by atoms with E-state index in [1.54, 1.807) is 39.0 Å². The van der Waals surface area contributed by atoms with Crippen LogP contribution in [-0.2, 0) is 16.0 Å². The quantitative estimate of drug-likeness (QED) is 0.507. The van der Waals surface area contributed by atoms with E-state index in [9.17, 15) is 19.8 Å². The molecule has 0 aliphatic heterocycles. The van der Waals surface area contributed by atoms with E-state index in [0.717, 1.165) is 0 Å². The lowest BCUT2D eigenvalue weighted by Crippen LogP contribution is -2.42. The Bertz CT molecular complexity index is 669. The van der Waals surface area contributed by atoms with Gasteiger partial charge in [-0.15, -0.1) is 0 Å². The first-order valence-electron chi connectivity index (χ1n) is 9.24. The first-order valence-corrected chi connectivity index (χ1v) is 9.24. The normalized spacial score (nSPS) is 13.6. The topological polar surface area (TPSA) is 117 Å². The van der Waals surface area contributed by atoms with Gasteiger partial charge in [0.15, 0.2) is 0 Å². The third-order valence-electron chi connectivity index (χ3n) is 3.99. The Morgan fingerprint density at radius 2 is 1.86 bits per heavy atom. The number of aliphatic hydroxyl groups is 1. The van der Waals surface area contributed by atoms with Gasteiger partial charge in [0.05, 0.1) is 19.8 Å². The summed E-state index contributed by atoms with van der Waals surface area (Å²) in [5.74, 6) is -0.582. The number of anilines is 1. The molecule has 1 rings (SSSR count). The summed E-state index contributed by atoms with van der Waals surface area (Å²) in [4.78, 5) is 23.6. The van der Waals surface area contributed by atoms with Crippen molar-refractivity contribution in [2.45, 2.75) is 58.7 Å². The highest BCUT2D eigenvalue weighted by molar-refractivity contribution is 5.78. The van der Waals surface area contributed by atoms with Gasteiger partial charge in [0, 0.05) is 17.7 Å². The van der Waals surface area contributed by atoms with Crippen LogP contribution in [-0.4, -0.2) is 53.7 Å². The SMILES string of the molecule is COc1cccc(N[C@H](C(=O)O)C(C)C)c1C[C@@H](CO)NC(=O)OC(C)(C)C. The second-order valence-electron chi connectivity index (χ2n) is 7.92. The molecule has 2 atom stereocenters. The number of aliphatic hydroxyl groups excluding tert-OH is 1. The van der Waals surface area contributed by atoms with Crippen LogP contribution in [0, 0.1) is 5.92 Å². The van der Waals surface area contributed by atoms with Gasteiger partial charge in [0.1, 0.15) is 17.4 Å². The van der Waals surface area contributed by atoms with E-state index in [1.807, 2.05) is 13.8 Å². The minimum atomic E-state index is -0.964. The Balaban J connectivity index is 3.09. The van der Waals surface area contributed by atoms with Gasteiger partial charge >= 0.3 is 12.1 Å². The number of amides is 1. The summed E-state index contributed by atoms with van der Waals surface area (Å²) in [6.07, 6.45) is -0.409. The molecule has 0 aliphatic carbocycles. The summed E-state index contributed by atoms with van der Waals surface area (Å²) in [7, 11) is 1.51. The molecule has 1 amide bonds. The second kappa shape index (κ2) is 10.2. The highest BCUT2D eigenvalue weighted by atomic mass is 16.6. The molecule has 1 aromatic carbocycles. The van der Waals surface area contributed by atoms with Gasteiger partial charge in [-0.1, -0.05) is 19.9 Å². The van der Waals surface area contributed by atoms with E-state index in [1.165, 1.54) is 7.11 Å². The number of ether oxygens (including phenoxy) is 2. The molecule has 0 radical (unpaired) electrons. The molecule has 0 saturated heterocycles. The highest BCUT2D eigenvalue weighted by Crippen LogP contribution is 2.29. The molecule has 0 heterocycles. The highest BCUT2D eigenvalue weighted by Gasteiger charge is 2.25. The van der Waals surface area contributed by atoms with Crippen LogP contribution in [0.25, 0.3) is 0 Å². The Labute approximate surface area is 166 Å². The number of benzene rings is 1. The Morgan fingerprint density at radius 3 is 2.32 bits per heavy atom.